The van der Waals surface area contributed by atoms with Gasteiger partial charge in [-0.05, 0) is 13.0 Å². The van der Waals surface area contributed by atoms with E-state index in [2.05, 4.69) is 12.2 Å². The average Bonchev–Trinajstić information content (AvgIpc) is 2.31. The Balaban J connectivity index is 2.96. The second-order valence-corrected chi connectivity index (χ2v) is 3.94. The van der Waals surface area contributed by atoms with Crippen LogP contribution in [0, 0.1) is 0 Å². The molecule has 0 fully saturated rings. The molecule has 0 aromatic carbocycles. The Morgan fingerprint density at radius 2 is 1.81 bits per heavy atom. The van der Waals surface area contributed by atoms with E-state index in [0.717, 1.165) is 13.1 Å². The highest BCUT2D eigenvalue weighted by Crippen LogP contribution is 2.03. The van der Waals surface area contributed by atoms with Crippen LogP contribution >= 0.6 is 0 Å². The lowest BCUT2D eigenvalue weighted by Gasteiger charge is -2.05. The van der Waals surface area contributed by atoms with E-state index >= 15 is 0 Å². The van der Waals surface area contributed by atoms with Gasteiger partial charge in [0, 0.05) is 6.54 Å². The van der Waals surface area contributed by atoms with Gasteiger partial charge in [0.2, 0.25) is 0 Å². The molecule has 0 saturated carbocycles. The molecule has 0 amide bonds. The lowest BCUT2D eigenvalue weighted by atomic mass is 10.1. The predicted molar refractivity (Wildman–Crippen MR) is 66.3 cm³/mol. The number of ether oxygens (including phenoxy) is 1. The molecule has 0 aliphatic carbocycles. The molecule has 0 heterocycles. The fourth-order valence-corrected chi connectivity index (χ4v) is 1.45. The van der Waals surface area contributed by atoms with Gasteiger partial charge in [0.15, 0.2) is 0 Å². The maximum Gasteiger partial charge on any atom is 0.319 e. The molecule has 0 radical (unpaired) electrons. The van der Waals surface area contributed by atoms with Gasteiger partial charge in [-0.3, -0.25) is 4.79 Å². The number of carbonyl (C=O) groups excluding carboxylic acids is 1. The van der Waals surface area contributed by atoms with E-state index in [-0.39, 0.29) is 12.5 Å². The summed E-state index contributed by atoms with van der Waals surface area (Å²) in [6.07, 6.45) is 7.82. The summed E-state index contributed by atoms with van der Waals surface area (Å²) < 4.78 is 4.82. The number of carbonyl (C=O) groups is 1. The van der Waals surface area contributed by atoms with Crippen molar-refractivity contribution in [2.45, 2.75) is 45.4 Å². The summed E-state index contributed by atoms with van der Waals surface area (Å²) in [5, 5.41) is 3.24. The molecular weight excluding hydrogens is 204 g/mol. The summed E-state index contributed by atoms with van der Waals surface area (Å²) in [7, 11) is 0. The largest absolute Gasteiger partial charge is 0.463 e. The molecule has 0 rings (SSSR count). The third-order valence-electron chi connectivity index (χ3n) is 2.42. The molecule has 0 aliphatic rings. The summed E-state index contributed by atoms with van der Waals surface area (Å²) in [6, 6.07) is 0. The summed E-state index contributed by atoms with van der Waals surface area (Å²) in [4.78, 5) is 10.7. The normalized spacial score (nSPS) is 10.4. The van der Waals surface area contributed by atoms with E-state index in [9.17, 15) is 4.79 Å². The maximum absolute atomic E-state index is 10.7. The van der Waals surface area contributed by atoms with Gasteiger partial charge in [0.1, 0.15) is 6.61 Å². The van der Waals surface area contributed by atoms with E-state index in [1.165, 1.54) is 38.5 Å². The fourth-order valence-electron chi connectivity index (χ4n) is 1.45. The van der Waals surface area contributed by atoms with Crippen molar-refractivity contribution in [3.05, 3.63) is 0 Å². The molecule has 3 N–H and O–H groups in total. The Labute approximate surface area is 98.9 Å². The minimum Gasteiger partial charge on any atom is -0.463 e. The van der Waals surface area contributed by atoms with Crippen LogP contribution in [-0.4, -0.2) is 32.2 Å². The first-order chi connectivity index (χ1) is 7.81. The van der Waals surface area contributed by atoms with Crippen molar-refractivity contribution < 1.29 is 9.53 Å². The second kappa shape index (κ2) is 12.5. The van der Waals surface area contributed by atoms with Gasteiger partial charge >= 0.3 is 5.97 Å². The number of hydrogen-bond acceptors (Lipinski definition) is 4. The Morgan fingerprint density at radius 1 is 1.12 bits per heavy atom. The van der Waals surface area contributed by atoms with Crippen molar-refractivity contribution in [3.8, 4) is 0 Å². The standard InChI is InChI=1S/C12H26N2O2/c1-2-3-4-5-6-7-8-14-9-10-16-12(15)11-13/h14H,2-11,13H2,1H3. The van der Waals surface area contributed by atoms with E-state index < -0.39 is 0 Å². The first kappa shape index (κ1) is 15.4. The van der Waals surface area contributed by atoms with Crippen molar-refractivity contribution in [1.82, 2.24) is 5.32 Å². The van der Waals surface area contributed by atoms with Crippen LogP contribution in [0.4, 0.5) is 0 Å². The van der Waals surface area contributed by atoms with Crippen LogP contribution in [0.15, 0.2) is 0 Å². The van der Waals surface area contributed by atoms with E-state index in [0.29, 0.717) is 6.61 Å². The molecule has 0 bridgehead atoms. The third-order valence-corrected chi connectivity index (χ3v) is 2.42. The molecule has 4 heteroatoms. The zero-order valence-electron chi connectivity index (χ0n) is 10.5. The highest BCUT2D eigenvalue weighted by atomic mass is 16.5. The van der Waals surface area contributed by atoms with E-state index in [4.69, 9.17) is 10.5 Å². The summed E-state index contributed by atoms with van der Waals surface area (Å²) in [5.74, 6) is -0.332. The van der Waals surface area contributed by atoms with Gasteiger partial charge in [0.25, 0.3) is 0 Å². The Morgan fingerprint density at radius 3 is 2.50 bits per heavy atom. The van der Waals surface area contributed by atoms with Gasteiger partial charge in [-0.25, -0.2) is 0 Å². The van der Waals surface area contributed by atoms with Crippen molar-refractivity contribution in [2.24, 2.45) is 5.73 Å². The number of rotatable bonds is 11. The molecule has 0 aliphatic heterocycles. The van der Waals surface area contributed by atoms with Crippen LogP contribution in [0.3, 0.4) is 0 Å². The summed E-state index contributed by atoms with van der Waals surface area (Å²) >= 11 is 0. The zero-order chi connectivity index (χ0) is 12.1. The van der Waals surface area contributed by atoms with Gasteiger partial charge in [-0.1, -0.05) is 39.0 Å². The number of hydrogen-bond donors (Lipinski definition) is 2. The SMILES string of the molecule is CCCCCCCCNCCOC(=O)CN. The smallest absolute Gasteiger partial charge is 0.319 e. The van der Waals surface area contributed by atoms with E-state index in [1.54, 1.807) is 0 Å². The van der Waals surface area contributed by atoms with E-state index in [1.807, 2.05) is 0 Å². The Bertz CT molecular complexity index is 163. The monoisotopic (exact) mass is 230 g/mol. The number of esters is 1. The quantitative estimate of drug-likeness (QED) is 0.416. The molecule has 0 atom stereocenters. The minimum atomic E-state index is -0.332. The van der Waals surface area contributed by atoms with Crippen LogP contribution in [-0.2, 0) is 9.53 Å². The molecule has 0 spiro atoms. The van der Waals surface area contributed by atoms with Gasteiger partial charge in [0.05, 0.1) is 6.54 Å². The highest BCUT2D eigenvalue weighted by Gasteiger charge is 1.96. The second-order valence-electron chi connectivity index (χ2n) is 3.94. The van der Waals surface area contributed by atoms with Crippen molar-refractivity contribution in [2.75, 3.05) is 26.2 Å². The Kier molecular flexibility index (Phi) is 12.0. The highest BCUT2D eigenvalue weighted by molar-refractivity contribution is 5.71. The van der Waals surface area contributed by atoms with Gasteiger partial charge in [-0.2, -0.15) is 0 Å². The lowest BCUT2D eigenvalue weighted by Crippen LogP contribution is -2.24. The van der Waals surface area contributed by atoms with Crippen molar-refractivity contribution >= 4 is 5.97 Å². The molecule has 0 saturated heterocycles. The van der Waals surface area contributed by atoms with Crippen molar-refractivity contribution in [3.63, 3.8) is 0 Å². The molecule has 0 aromatic heterocycles. The summed E-state index contributed by atoms with van der Waals surface area (Å²) in [6.45, 7) is 4.35. The molecule has 0 aromatic rings. The number of nitrogens with two attached hydrogens (primary N) is 1. The molecule has 96 valence electrons. The van der Waals surface area contributed by atoms with Crippen LogP contribution < -0.4 is 11.1 Å². The topological polar surface area (TPSA) is 64.3 Å². The lowest BCUT2D eigenvalue weighted by molar-refractivity contribution is -0.141. The van der Waals surface area contributed by atoms with Gasteiger partial charge < -0.3 is 15.8 Å². The first-order valence-electron chi connectivity index (χ1n) is 6.37. The van der Waals surface area contributed by atoms with Crippen molar-refractivity contribution in [1.29, 1.82) is 0 Å². The van der Waals surface area contributed by atoms with Crippen LogP contribution in [0.2, 0.25) is 0 Å². The molecule has 16 heavy (non-hydrogen) atoms. The fraction of sp³-hybridized carbons (Fsp3) is 0.917. The molecule has 0 unspecified atom stereocenters. The minimum absolute atomic E-state index is 0.0303. The van der Waals surface area contributed by atoms with Gasteiger partial charge in [-0.15, -0.1) is 0 Å². The zero-order valence-corrected chi connectivity index (χ0v) is 10.5. The Hall–Kier alpha value is -0.610. The maximum atomic E-state index is 10.7. The molecular formula is C12H26N2O2. The average molecular weight is 230 g/mol. The third kappa shape index (κ3) is 11.5. The number of nitrogens with one attached hydrogen (secondary N) is 1. The predicted octanol–water partition coefficient (Wildman–Crippen LogP) is 1.44. The van der Waals surface area contributed by atoms with Crippen LogP contribution in [0.25, 0.3) is 0 Å². The summed E-state index contributed by atoms with van der Waals surface area (Å²) in [5.41, 5.74) is 5.10. The number of unbranched alkanes of at least 4 members (excludes halogenated alkanes) is 5. The molecule has 4 nitrogen and oxygen atoms in total. The van der Waals surface area contributed by atoms with Crippen LogP contribution in [0.1, 0.15) is 45.4 Å². The van der Waals surface area contributed by atoms with Crippen LogP contribution in [0.5, 0.6) is 0 Å². The first-order valence-corrected chi connectivity index (χ1v) is 6.37.